The van der Waals surface area contributed by atoms with Crippen molar-refractivity contribution in [2.75, 3.05) is 13.2 Å². The number of aromatic nitrogens is 2. The van der Waals surface area contributed by atoms with E-state index in [2.05, 4.69) is 10.2 Å². The van der Waals surface area contributed by atoms with Crippen molar-refractivity contribution in [3.05, 3.63) is 50.2 Å². The van der Waals surface area contributed by atoms with E-state index in [4.69, 9.17) is 44.3 Å². The first kappa shape index (κ1) is 24.8. The zero-order valence-electron chi connectivity index (χ0n) is 16.6. The van der Waals surface area contributed by atoms with Crippen LogP contribution in [0.15, 0.2) is 18.3 Å². The standard InChI is InChI=1S/C19H22Cl3F2N3O3/c1-4-29-19(30-5-2)27(18(28)13-9-25-26-16(13)17(23)24)10(3)6-12-14(21)7-11(20)8-15(12)22/h7-10,17,19H,4-6H2,1-3H3,(H,25,26). The summed E-state index contributed by atoms with van der Waals surface area (Å²) >= 11 is 18.5. The summed E-state index contributed by atoms with van der Waals surface area (Å²) in [6, 6.07) is 2.49. The maximum Gasteiger partial charge on any atom is 0.282 e. The highest BCUT2D eigenvalue weighted by molar-refractivity contribution is 6.39. The summed E-state index contributed by atoms with van der Waals surface area (Å²) in [5.74, 6) is -0.723. The van der Waals surface area contributed by atoms with Crippen molar-refractivity contribution >= 4 is 40.7 Å². The maximum absolute atomic E-state index is 13.3. The van der Waals surface area contributed by atoms with Crippen molar-refractivity contribution < 1.29 is 23.0 Å². The molecular weight excluding hydrogens is 463 g/mol. The zero-order chi connectivity index (χ0) is 22.4. The van der Waals surface area contributed by atoms with Gasteiger partial charge in [-0.3, -0.25) is 14.8 Å². The number of hydrogen-bond acceptors (Lipinski definition) is 4. The first-order valence-corrected chi connectivity index (χ1v) is 10.4. The number of halogens is 5. The van der Waals surface area contributed by atoms with Crippen molar-refractivity contribution in [3.63, 3.8) is 0 Å². The van der Waals surface area contributed by atoms with Crippen LogP contribution in [0.25, 0.3) is 0 Å². The molecule has 0 fully saturated rings. The lowest BCUT2D eigenvalue weighted by Gasteiger charge is -2.35. The van der Waals surface area contributed by atoms with Gasteiger partial charge in [-0.15, -0.1) is 0 Å². The minimum Gasteiger partial charge on any atom is -0.335 e. The molecule has 0 aliphatic heterocycles. The molecule has 1 unspecified atom stereocenters. The van der Waals surface area contributed by atoms with Crippen LogP contribution in [0.2, 0.25) is 15.1 Å². The third-order valence-corrected chi connectivity index (χ3v) is 5.16. The van der Waals surface area contributed by atoms with Gasteiger partial charge in [-0.1, -0.05) is 34.8 Å². The molecule has 11 heteroatoms. The molecule has 30 heavy (non-hydrogen) atoms. The Bertz CT molecular complexity index is 838. The van der Waals surface area contributed by atoms with Crippen LogP contribution < -0.4 is 0 Å². The number of nitrogens with one attached hydrogen (secondary N) is 1. The largest absolute Gasteiger partial charge is 0.335 e. The number of benzene rings is 1. The Kier molecular flexibility index (Phi) is 9.31. The molecule has 0 radical (unpaired) electrons. The van der Waals surface area contributed by atoms with Gasteiger partial charge in [0.25, 0.3) is 12.3 Å². The zero-order valence-corrected chi connectivity index (χ0v) is 18.9. The Morgan fingerprint density at radius 2 is 1.73 bits per heavy atom. The SMILES string of the molecule is CCOC(OCC)N(C(=O)c1c[nH]nc1C(F)F)C(C)Cc1c(Cl)cc(Cl)cc1Cl. The van der Waals surface area contributed by atoms with Gasteiger partial charge >= 0.3 is 0 Å². The van der Waals surface area contributed by atoms with Gasteiger partial charge in [-0.2, -0.15) is 5.10 Å². The number of ether oxygens (including phenoxy) is 2. The fourth-order valence-corrected chi connectivity index (χ4v) is 3.91. The molecule has 1 aromatic carbocycles. The smallest absolute Gasteiger partial charge is 0.282 e. The van der Waals surface area contributed by atoms with Gasteiger partial charge in [0.1, 0.15) is 5.69 Å². The summed E-state index contributed by atoms with van der Waals surface area (Å²) in [6.07, 6.45) is -2.70. The molecule has 6 nitrogen and oxygen atoms in total. The highest BCUT2D eigenvalue weighted by atomic mass is 35.5. The van der Waals surface area contributed by atoms with Gasteiger partial charge in [0.15, 0.2) is 0 Å². The number of carbonyl (C=O) groups is 1. The predicted molar refractivity (Wildman–Crippen MR) is 111 cm³/mol. The van der Waals surface area contributed by atoms with E-state index >= 15 is 0 Å². The molecule has 2 rings (SSSR count). The molecule has 1 atom stereocenters. The van der Waals surface area contributed by atoms with Crippen LogP contribution >= 0.6 is 34.8 Å². The Balaban J connectivity index is 2.44. The van der Waals surface area contributed by atoms with Gasteiger partial charge in [0.05, 0.1) is 5.56 Å². The van der Waals surface area contributed by atoms with Crippen molar-refractivity contribution in [3.8, 4) is 0 Å². The fraction of sp³-hybridized carbons (Fsp3) is 0.474. The molecule has 0 spiro atoms. The predicted octanol–water partition coefficient (Wildman–Crippen LogP) is 5.74. The van der Waals surface area contributed by atoms with Gasteiger partial charge in [-0.05, 0) is 44.9 Å². The number of amides is 1. The third-order valence-electron chi connectivity index (χ3n) is 4.27. The average Bonchev–Trinajstić information content (AvgIpc) is 3.15. The van der Waals surface area contributed by atoms with E-state index < -0.39 is 30.5 Å². The number of nitrogens with zero attached hydrogens (tertiary/aromatic N) is 2. The number of rotatable bonds is 10. The molecule has 0 saturated heterocycles. The van der Waals surface area contributed by atoms with E-state index in [-0.39, 0.29) is 25.2 Å². The average molecular weight is 485 g/mol. The number of carbonyl (C=O) groups excluding carboxylic acids is 1. The molecule has 0 saturated carbocycles. The van der Waals surface area contributed by atoms with E-state index in [1.165, 1.54) is 17.0 Å². The molecule has 2 aromatic rings. The van der Waals surface area contributed by atoms with E-state index in [1.807, 2.05) is 0 Å². The van der Waals surface area contributed by atoms with Gasteiger partial charge in [0.2, 0.25) is 6.41 Å². The normalized spacial score (nSPS) is 12.6. The van der Waals surface area contributed by atoms with E-state index in [1.54, 1.807) is 20.8 Å². The second-order valence-corrected chi connectivity index (χ2v) is 7.57. The van der Waals surface area contributed by atoms with Gasteiger partial charge in [-0.25, -0.2) is 8.78 Å². The van der Waals surface area contributed by atoms with Crippen LogP contribution in [0.5, 0.6) is 0 Å². The molecule has 0 aliphatic rings. The van der Waals surface area contributed by atoms with Crippen LogP contribution in [-0.4, -0.2) is 46.7 Å². The highest BCUT2D eigenvalue weighted by Gasteiger charge is 2.34. The minimum atomic E-state index is -2.93. The van der Waals surface area contributed by atoms with Gasteiger partial charge < -0.3 is 9.47 Å². The molecule has 1 amide bonds. The number of alkyl halides is 2. The molecule has 1 heterocycles. The number of H-pyrrole nitrogens is 1. The van der Waals surface area contributed by atoms with Crippen molar-refractivity contribution in [1.29, 1.82) is 0 Å². The lowest BCUT2D eigenvalue weighted by molar-refractivity contribution is -0.212. The summed E-state index contributed by atoms with van der Waals surface area (Å²) in [4.78, 5) is 14.5. The monoisotopic (exact) mass is 483 g/mol. The minimum absolute atomic E-state index is 0.207. The first-order valence-electron chi connectivity index (χ1n) is 9.22. The quantitative estimate of drug-likeness (QED) is 0.437. The summed E-state index contributed by atoms with van der Waals surface area (Å²) in [7, 11) is 0. The van der Waals surface area contributed by atoms with Crippen LogP contribution in [0.4, 0.5) is 8.78 Å². The fourth-order valence-electron chi connectivity index (χ4n) is 2.94. The Labute approximate surface area is 188 Å². The second-order valence-electron chi connectivity index (χ2n) is 6.32. The van der Waals surface area contributed by atoms with E-state index in [0.717, 1.165) is 6.20 Å². The molecule has 166 valence electrons. The van der Waals surface area contributed by atoms with Crippen molar-refractivity contribution in [1.82, 2.24) is 15.1 Å². The topological polar surface area (TPSA) is 67.5 Å². The lowest BCUT2D eigenvalue weighted by Crippen LogP contribution is -2.49. The summed E-state index contributed by atoms with van der Waals surface area (Å²) in [5, 5.41) is 6.83. The Morgan fingerprint density at radius 3 is 2.23 bits per heavy atom. The van der Waals surface area contributed by atoms with Crippen molar-refractivity contribution in [2.45, 2.75) is 46.1 Å². The first-order chi connectivity index (χ1) is 14.2. The maximum atomic E-state index is 13.3. The molecule has 0 aliphatic carbocycles. The number of aromatic amines is 1. The Morgan fingerprint density at radius 1 is 1.17 bits per heavy atom. The molecular formula is C19H22Cl3F2N3O3. The third kappa shape index (κ3) is 5.82. The Hall–Kier alpha value is -1.45. The number of hydrogen-bond donors (Lipinski definition) is 1. The summed E-state index contributed by atoms with van der Waals surface area (Å²) < 4.78 is 37.8. The molecule has 0 bridgehead atoms. The van der Waals surface area contributed by atoms with Crippen LogP contribution in [-0.2, 0) is 15.9 Å². The van der Waals surface area contributed by atoms with Crippen molar-refractivity contribution in [2.24, 2.45) is 0 Å². The molecule has 1 aromatic heterocycles. The molecule has 1 N–H and O–H groups in total. The van der Waals surface area contributed by atoms with E-state index in [0.29, 0.717) is 20.6 Å². The summed E-state index contributed by atoms with van der Waals surface area (Å²) in [6.45, 7) is 5.64. The van der Waals surface area contributed by atoms with Crippen LogP contribution in [0.1, 0.15) is 48.8 Å². The van der Waals surface area contributed by atoms with Crippen LogP contribution in [0, 0.1) is 0 Å². The highest BCUT2D eigenvalue weighted by Crippen LogP contribution is 2.32. The summed E-state index contributed by atoms with van der Waals surface area (Å²) in [5.41, 5.74) is -0.359. The van der Waals surface area contributed by atoms with Gasteiger partial charge in [0, 0.05) is 40.5 Å². The lowest BCUT2D eigenvalue weighted by atomic mass is 10.0. The second kappa shape index (κ2) is 11.2. The van der Waals surface area contributed by atoms with Crippen LogP contribution in [0.3, 0.4) is 0 Å². The van der Waals surface area contributed by atoms with E-state index in [9.17, 15) is 13.6 Å².